The van der Waals surface area contributed by atoms with E-state index in [9.17, 15) is 4.79 Å². The van der Waals surface area contributed by atoms with Gasteiger partial charge in [-0.25, -0.2) is 0 Å². The maximum Gasteiger partial charge on any atom is 0.321 e. The summed E-state index contributed by atoms with van der Waals surface area (Å²) < 4.78 is 12.1. The average Bonchev–Trinajstić information content (AvgIpc) is 2.35. The van der Waals surface area contributed by atoms with E-state index in [0.29, 0.717) is 12.5 Å². The highest BCUT2D eigenvalue weighted by Crippen LogP contribution is 1.80. The minimum Gasteiger partial charge on any atom is -0.480 e. The molecular formula is C9H14BrNO2S. The Bertz CT molecular complexity index is 228. The normalized spacial score (nSPS) is 11.6. The van der Waals surface area contributed by atoms with Gasteiger partial charge in [0, 0.05) is 5.75 Å². The van der Waals surface area contributed by atoms with Gasteiger partial charge in [-0.05, 0) is 0 Å². The molecule has 1 rings (SSSR count). The Hall–Kier alpha value is -0.520. The highest BCUT2D eigenvalue weighted by atomic mass is 79.9. The van der Waals surface area contributed by atoms with Gasteiger partial charge in [-0.15, -0.1) is 16.8 Å². The van der Waals surface area contributed by atoms with Crippen LogP contribution in [-0.2, 0) is 4.79 Å². The molecule has 1 aromatic carbocycles. The second-order valence-corrected chi connectivity index (χ2v) is 2.60. The van der Waals surface area contributed by atoms with Crippen LogP contribution in [0.3, 0.4) is 0 Å². The molecular weight excluding hydrogens is 266 g/mol. The fraction of sp³-hybridized carbons (Fsp3) is 0.222. The predicted molar refractivity (Wildman–Crippen MR) is 66.2 cm³/mol. The van der Waals surface area contributed by atoms with Crippen LogP contribution in [0, 0.1) is 0 Å². The van der Waals surface area contributed by atoms with E-state index in [-0.39, 0.29) is 5.75 Å². The number of hydrogen-bond acceptors (Lipinski definition) is 3. The van der Waals surface area contributed by atoms with E-state index >= 15 is 0 Å². The molecule has 0 spiro atoms. The first-order valence-electron chi connectivity index (χ1n) is 4.53. The monoisotopic (exact) mass is 281 g/mol. The molecule has 0 aromatic heterocycles. The number of carboxylic acid groups (broad SMARTS) is 1. The summed E-state index contributed by atoms with van der Waals surface area (Å²) >= 11 is 2.87. The van der Waals surface area contributed by atoms with Crippen LogP contribution in [-0.4, -0.2) is 25.0 Å². The molecule has 0 heterocycles. The first-order valence-corrected chi connectivity index (χ1v) is 4.32. The van der Waals surface area contributed by atoms with Crippen LogP contribution in [0.5, 0.6) is 0 Å². The van der Waals surface area contributed by atoms with Gasteiger partial charge in [0.05, 0.1) is 0 Å². The summed E-state index contributed by atoms with van der Waals surface area (Å²) in [6.07, 6.45) is 0. The van der Waals surface area contributed by atoms with Crippen LogP contribution in [0.15, 0.2) is 36.4 Å². The topological polar surface area (TPSA) is 63.3 Å². The lowest BCUT2D eigenvalue weighted by atomic mass is 10.4. The third-order valence-electron chi connectivity index (χ3n) is 1.16. The maximum absolute atomic E-state index is 9.87. The molecule has 0 amide bonds. The smallest absolute Gasteiger partial charge is 0.321 e. The van der Waals surface area contributed by atoms with Gasteiger partial charge in [-0.3, -0.25) is 4.79 Å². The van der Waals surface area contributed by atoms with E-state index < -0.39 is 12.0 Å². The van der Waals surface area contributed by atoms with Crippen molar-refractivity contribution in [2.45, 2.75) is 6.04 Å². The van der Waals surface area contributed by atoms with Gasteiger partial charge in [0.2, 0.25) is 0 Å². The van der Waals surface area contributed by atoms with Gasteiger partial charge in [-0.2, -0.15) is 12.5 Å². The molecule has 1 unspecified atom stereocenters. The standard InChI is InChI=1S/C6H6.C3H7NO2S.BrH/c1-2-4-6-5-3-1;4-2(1-7)3(5)6;/h1-6H;2,7H,1,4H2,(H,5,6);1H/i/hD2. The van der Waals surface area contributed by atoms with Crippen molar-refractivity contribution in [3.05, 3.63) is 36.4 Å². The highest BCUT2D eigenvalue weighted by Gasteiger charge is 2.06. The van der Waals surface area contributed by atoms with Crippen molar-refractivity contribution in [3.8, 4) is 0 Å². The number of nitrogens with two attached hydrogens (primary N) is 1. The quantitative estimate of drug-likeness (QED) is 0.738. The summed E-state index contributed by atoms with van der Waals surface area (Å²) in [5, 5.41) is 8.09. The molecule has 14 heavy (non-hydrogen) atoms. The lowest BCUT2D eigenvalue weighted by Gasteiger charge is -1.96. The molecule has 0 aliphatic heterocycles. The van der Waals surface area contributed by atoms with Gasteiger partial charge < -0.3 is 10.8 Å². The number of halogens is 1. The van der Waals surface area contributed by atoms with Crippen molar-refractivity contribution in [1.82, 2.24) is 0 Å². The van der Waals surface area contributed by atoms with Gasteiger partial charge >= 0.3 is 5.97 Å². The maximum atomic E-state index is 9.87. The Labute approximate surface area is 101 Å². The Morgan fingerprint density at radius 1 is 1.43 bits per heavy atom. The average molecular weight is 282 g/mol. The van der Waals surface area contributed by atoms with E-state index in [1.54, 1.807) is 0 Å². The molecule has 5 heteroatoms. The number of carboxylic acids is 1. The van der Waals surface area contributed by atoms with Crippen molar-refractivity contribution in [3.63, 3.8) is 0 Å². The van der Waals surface area contributed by atoms with Crippen LogP contribution < -0.4 is 5.73 Å². The number of aliphatic carboxylic acids is 1. The van der Waals surface area contributed by atoms with Crippen molar-refractivity contribution >= 4 is 35.4 Å². The zero-order valence-electron chi connectivity index (χ0n) is 9.47. The fourth-order valence-electron chi connectivity index (χ4n) is 0.456. The van der Waals surface area contributed by atoms with E-state index in [4.69, 9.17) is 12.9 Å². The Balaban J connectivity index is 0. The number of rotatable bonds is 3. The van der Waals surface area contributed by atoms with Crippen LogP contribution in [0.1, 0.15) is 0 Å². The van der Waals surface area contributed by atoms with Gasteiger partial charge in [0.15, 0.2) is 0 Å². The molecule has 1 atom stereocenters. The van der Waals surface area contributed by atoms with E-state index in [1.165, 1.54) is 0 Å². The van der Waals surface area contributed by atoms with E-state index in [2.05, 4.69) is 16.8 Å². The number of benzene rings is 1. The highest BCUT2D eigenvalue weighted by molar-refractivity contribution is 8.93. The number of thiol groups is 1. The van der Waals surface area contributed by atoms with E-state index in [1.807, 2.05) is 36.4 Å². The molecule has 1 aromatic rings. The summed E-state index contributed by atoms with van der Waals surface area (Å²) in [6, 6.07) is 11.1. The third-order valence-corrected chi connectivity index (χ3v) is 1.52. The molecule has 3 nitrogen and oxygen atoms in total. The van der Waals surface area contributed by atoms with Gasteiger partial charge in [0.25, 0.3) is 0 Å². The molecule has 0 bridgehead atoms. The summed E-state index contributed by atoms with van der Waals surface area (Å²) in [5.41, 5.74) is 4.99. The van der Waals surface area contributed by atoms with Crippen molar-refractivity contribution in [2.24, 2.45) is 5.73 Å². The second-order valence-electron chi connectivity index (χ2n) is 2.27. The predicted octanol–water partition coefficient (Wildman–Crippen LogP) is 1.59. The summed E-state index contributed by atoms with van der Waals surface area (Å²) in [5.74, 6) is -0.903. The molecule has 0 saturated heterocycles. The lowest BCUT2D eigenvalue weighted by Crippen LogP contribution is -2.31. The molecule has 0 aliphatic rings. The minimum atomic E-state index is -1.05. The molecule has 0 saturated carbocycles. The zero-order valence-corrected chi connectivity index (χ0v) is 9.87. The SMILES string of the molecule is [2H]Br.[2H]SCC(N)C(=O)O.c1ccccc1. The van der Waals surface area contributed by atoms with Crippen molar-refractivity contribution < 1.29 is 9.90 Å². The molecule has 0 fully saturated rings. The molecule has 3 N–H and O–H groups in total. The van der Waals surface area contributed by atoms with Crippen LogP contribution >= 0.6 is 29.4 Å². The van der Waals surface area contributed by atoms with Crippen LogP contribution in [0.2, 0.25) is 0 Å². The summed E-state index contributed by atoms with van der Waals surface area (Å²) in [7, 11) is 0. The van der Waals surface area contributed by atoms with E-state index in [0.717, 1.165) is 0 Å². The molecule has 0 aliphatic carbocycles. The molecule has 0 radical (unpaired) electrons. The number of hydrogen-bond donors (Lipinski definition) is 3. The fourth-order valence-corrected chi connectivity index (χ4v) is 0.599. The Morgan fingerprint density at radius 3 is 1.93 bits per heavy atom. The second kappa shape index (κ2) is 10.6. The van der Waals surface area contributed by atoms with Crippen molar-refractivity contribution in [1.29, 1.82) is 2.08 Å². The first-order chi connectivity index (χ1) is 7.68. The minimum absolute atomic E-state index is 0.148. The third kappa shape index (κ3) is 9.57. The Morgan fingerprint density at radius 2 is 1.79 bits per heavy atom. The van der Waals surface area contributed by atoms with Crippen LogP contribution in [0.4, 0.5) is 0 Å². The lowest BCUT2D eigenvalue weighted by molar-refractivity contribution is -0.137. The first kappa shape index (κ1) is 11.6. The van der Waals surface area contributed by atoms with Crippen molar-refractivity contribution in [2.75, 3.05) is 5.75 Å². The number of carbonyl (C=O) groups is 1. The summed E-state index contributed by atoms with van der Waals surface area (Å²) in [4.78, 5) is 9.87. The van der Waals surface area contributed by atoms with Crippen LogP contribution in [0.25, 0.3) is 0 Å². The summed E-state index contributed by atoms with van der Waals surface area (Å²) in [6.45, 7) is 0. The molecule has 80 valence electrons. The van der Waals surface area contributed by atoms with Gasteiger partial charge in [-0.1, -0.05) is 36.4 Å². The van der Waals surface area contributed by atoms with Gasteiger partial charge in [0.1, 0.15) is 8.12 Å². The zero-order chi connectivity index (χ0) is 12.8. The largest absolute Gasteiger partial charge is 0.480 e. The Kier molecular flexibility index (Phi) is 8.72.